The molecule has 0 spiro atoms. The van der Waals surface area contributed by atoms with Crippen molar-refractivity contribution in [2.75, 3.05) is 0 Å². The molecule has 12 aromatic rings. The van der Waals surface area contributed by atoms with Crippen LogP contribution in [0.25, 0.3) is 116 Å². The Morgan fingerprint density at radius 3 is 1.85 bits per heavy atom. The van der Waals surface area contributed by atoms with Crippen LogP contribution in [0.3, 0.4) is 0 Å². The molecule has 0 amide bonds. The van der Waals surface area contributed by atoms with Gasteiger partial charge in [-0.25, -0.2) is 4.98 Å². The van der Waals surface area contributed by atoms with Gasteiger partial charge in [-0.3, -0.25) is 9.55 Å². The number of hydrogen-bond donors (Lipinski definition) is 0. The highest BCUT2D eigenvalue weighted by molar-refractivity contribution is 6.14. The van der Waals surface area contributed by atoms with Crippen LogP contribution in [0.15, 0.2) is 173 Å². The topological polar surface area (TPSA) is 82.8 Å². The maximum absolute atomic E-state index is 6.44. The quantitative estimate of drug-likeness (QED) is 0.181. The van der Waals surface area contributed by atoms with Crippen molar-refractivity contribution in [1.29, 1.82) is 0 Å². The second kappa shape index (κ2) is 11.4. The van der Waals surface area contributed by atoms with E-state index in [0.29, 0.717) is 17.6 Å². The molecule has 12 rings (SSSR count). The Kier molecular flexibility index (Phi) is 6.21. The van der Waals surface area contributed by atoms with E-state index in [1.165, 1.54) is 0 Å². The van der Waals surface area contributed by atoms with Gasteiger partial charge in [0.05, 0.1) is 17.2 Å². The van der Waals surface area contributed by atoms with E-state index in [2.05, 4.69) is 131 Å². The fraction of sp³-hybridized carbons (Fsp3) is 0. The number of rotatable bonds is 4. The summed E-state index contributed by atoms with van der Waals surface area (Å²) in [6, 6.07) is 52.1. The van der Waals surface area contributed by atoms with Crippen LogP contribution in [0.2, 0.25) is 0 Å². The van der Waals surface area contributed by atoms with E-state index in [4.69, 9.17) is 23.8 Å². The van der Waals surface area contributed by atoms with E-state index in [9.17, 15) is 0 Å². The highest BCUT2D eigenvalue weighted by atomic mass is 16.3. The van der Waals surface area contributed by atoms with Crippen LogP contribution >= 0.6 is 0 Å². The van der Waals surface area contributed by atoms with Gasteiger partial charge in [0.2, 0.25) is 5.95 Å². The molecule has 0 bridgehead atoms. The van der Waals surface area contributed by atoms with Crippen molar-refractivity contribution < 1.29 is 8.83 Å². The molecule has 0 radical (unpaired) electrons. The Hall–Kier alpha value is -7.64. The van der Waals surface area contributed by atoms with Crippen molar-refractivity contribution in [1.82, 2.24) is 24.5 Å². The highest BCUT2D eigenvalue weighted by Crippen LogP contribution is 2.41. The standard InChI is InChI=1S/C48H27N5O2/c1-2-11-30-29(10-1)31(37-15-9-16-38-36-24-25-49-27-44(36)55-45(37)38)22-23-39(30)47-50-46(28-20-21-35-34-14-5-8-19-42(34)54-43(35)26-28)51-48(52-47)53-40-17-6-3-12-32(40)33-13-4-7-18-41(33)53/h1-27H. The van der Waals surface area contributed by atoms with Gasteiger partial charge in [-0.15, -0.1) is 0 Å². The number of para-hydroxylation sites is 4. The van der Waals surface area contributed by atoms with E-state index in [-0.39, 0.29) is 0 Å². The highest BCUT2D eigenvalue weighted by Gasteiger charge is 2.21. The predicted molar refractivity (Wildman–Crippen MR) is 220 cm³/mol. The van der Waals surface area contributed by atoms with Crippen molar-refractivity contribution in [2.45, 2.75) is 0 Å². The third-order valence-corrected chi connectivity index (χ3v) is 10.8. The van der Waals surface area contributed by atoms with Crippen molar-refractivity contribution in [2.24, 2.45) is 0 Å². The van der Waals surface area contributed by atoms with Crippen molar-refractivity contribution in [3.63, 3.8) is 0 Å². The first-order valence-electron chi connectivity index (χ1n) is 18.2. The molecule has 0 saturated carbocycles. The summed E-state index contributed by atoms with van der Waals surface area (Å²) in [5.74, 6) is 1.66. The normalized spacial score (nSPS) is 12.0. The molecule has 7 nitrogen and oxygen atoms in total. The van der Waals surface area contributed by atoms with Crippen molar-refractivity contribution in [3.05, 3.63) is 164 Å². The third kappa shape index (κ3) is 4.44. The molecule has 0 N–H and O–H groups in total. The van der Waals surface area contributed by atoms with Gasteiger partial charge < -0.3 is 8.83 Å². The average Bonchev–Trinajstić information content (AvgIpc) is 3.92. The fourth-order valence-electron chi connectivity index (χ4n) is 8.31. The van der Waals surface area contributed by atoms with Gasteiger partial charge in [-0.1, -0.05) is 109 Å². The minimum Gasteiger partial charge on any atom is -0.456 e. The summed E-state index contributed by atoms with van der Waals surface area (Å²) in [6.45, 7) is 0. The zero-order valence-corrected chi connectivity index (χ0v) is 29.1. The van der Waals surface area contributed by atoms with Crippen LogP contribution in [0.1, 0.15) is 0 Å². The van der Waals surface area contributed by atoms with Crippen LogP contribution in [-0.2, 0) is 0 Å². The number of benzene rings is 7. The van der Waals surface area contributed by atoms with Gasteiger partial charge in [0.15, 0.2) is 17.2 Å². The largest absolute Gasteiger partial charge is 0.456 e. The SMILES string of the molecule is c1ccc2c(c1)oc1cc(-c3nc(-c4ccc(-c5cccc6c5oc5cnccc56)c5ccccc45)nc(-n4c5ccccc5c5ccccc54)n3)ccc12. The Morgan fingerprint density at radius 1 is 0.400 bits per heavy atom. The van der Waals surface area contributed by atoms with Gasteiger partial charge in [0.1, 0.15) is 16.7 Å². The lowest BCUT2D eigenvalue weighted by Crippen LogP contribution is -2.06. The smallest absolute Gasteiger partial charge is 0.238 e. The van der Waals surface area contributed by atoms with Crippen LogP contribution < -0.4 is 0 Å². The minimum atomic E-state index is 0.538. The monoisotopic (exact) mass is 705 g/mol. The zero-order valence-electron chi connectivity index (χ0n) is 29.1. The molecule has 0 aliphatic heterocycles. The molecule has 0 atom stereocenters. The zero-order chi connectivity index (χ0) is 36.0. The first-order valence-corrected chi connectivity index (χ1v) is 18.2. The molecule has 256 valence electrons. The Morgan fingerprint density at radius 2 is 1.04 bits per heavy atom. The Bertz CT molecular complexity index is 3470. The van der Waals surface area contributed by atoms with Crippen LogP contribution in [-0.4, -0.2) is 24.5 Å². The summed E-state index contributed by atoms with van der Waals surface area (Å²) >= 11 is 0. The molecule has 0 aliphatic carbocycles. The maximum Gasteiger partial charge on any atom is 0.238 e. The van der Waals surface area contributed by atoms with Crippen LogP contribution in [0, 0.1) is 0 Å². The second-order valence-corrected chi connectivity index (χ2v) is 13.8. The van der Waals surface area contributed by atoms with E-state index in [0.717, 1.165) is 98.7 Å². The lowest BCUT2D eigenvalue weighted by atomic mass is 9.93. The van der Waals surface area contributed by atoms with Gasteiger partial charge in [-0.2, -0.15) is 9.97 Å². The molecule has 0 aliphatic rings. The lowest BCUT2D eigenvalue weighted by Gasteiger charge is -2.14. The molecule has 7 heteroatoms. The summed E-state index contributed by atoms with van der Waals surface area (Å²) in [5.41, 5.74) is 9.08. The first-order chi connectivity index (χ1) is 27.3. The van der Waals surface area contributed by atoms with Gasteiger partial charge >= 0.3 is 0 Å². The molecular weight excluding hydrogens is 679 g/mol. The number of furan rings is 2. The van der Waals surface area contributed by atoms with Gasteiger partial charge in [-0.05, 0) is 58.8 Å². The summed E-state index contributed by atoms with van der Waals surface area (Å²) in [5, 5.41) is 8.59. The molecular formula is C48H27N5O2. The number of fused-ring (bicyclic) bond motifs is 10. The van der Waals surface area contributed by atoms with E-state index in [1.54, 1.807) is 12.4 Å². The molecule has 5 aromatic heterocycles. The molecule has 0 fully saturated rings. The summed E-state index contributed by atoms with van der Waals surface area (Å²) in [7, 11) is 0. The summed E-state index contributed by atoms with van der Waals surface area (Å²) < 4.78 is 14.9. The van der Waals surface area contributed by atoms with Crippen LogP contribution in [0.4, 0.5) is 0 Å². The molecule has 7 aromatic carbocycles. The molecule has 0 unspecified atom stereocenters. The summed E-state index contributed by atoms with van der Waals surface area (Å²) in [4.78, 5) is 20.0. The number of nitrogens with zero attached hydrogens (tertiary/aromatic N) is 5. The van der Waals surface area contributed by atoms with Crippen molar-refractivity contribution >= 4 is 76.5 Å². The van der Waals surface area contributed by atoms with E-state index in [1.807, 2.05) is 30.3 Å². The summed E-state index contributed by atoms with van der Waals surface area (Å²) in [6.07, 6.45) is 3.58. The molecule has 55 heavy (non-hydrogen) atoms. The van der Waals surface area contributed by atoms with Gasteiger partial charge in [0.25, 0.3) is 0 Å². The van der Waals surface area contributed by atoms with Gasteiger partial charge in [0, 0.05) is 55.2 Å². The number of aromatic nitrogens is 5. The third-order valence-electron chi connectivity index (χ3n) is 10.8. The lowest BCUT2D eigenvalue weighted by molar-refractivity contribution is 0.668. The second-order valence-electron chi connectivity index (χ2n) is 13.8. The Labute approximate surface area is 312 Å². The molecule has 5 heterocycles. The maximum atomic E-state index is 6.44. The van der Waals surface area contributed by atoms with E-state index < -0.39 is 0 Å². The number of pyridine rings is 1. The van der Waals surface area contributed by atoms with Crippen LogP contribution in [0.5, 0.6) is 0 Å². The predicted octanol–water partition coefficient (Wildman–Crippen LogP) is 12.3. The number of hydrogen-bond acceptors (Lipinski definition) is 6. The first kappa shape index (κ1) is 29.9. The van der Waals surface area contributed by atoms with E-state index >= 15 is 0 Å². The fourth-order valence-corrected chi connectivity index (χ4v) is 8.31. The minimum absolute atomic E-state index is 0.538. The van der Waals surface area contributed by atoms with Crippen molar-refractivity contribution in [3.8, 4) is 39.9 Å². The average molecular weight is 706 g/mol. The Balaban J connectivity index is 1.12. The molecule has 0 saturated heterocycles.